The standard InChI is InChI=1S/C30H29ClN4O4/c1-33-23-10-9-20(11-15-30(38)13-5-6-14-30)17-25(23)39-19-24(28(33)36)34-16-12-22-26(29(34)37)32-35(27(22)31)18-21-7-3-2-4-8-21/h2-4,7-10,17,24,38H,5-6,12-14,16,18-19H2,1H3. The first kappa shape index (κ1) is 25.5. The molecule has 200 valence electrons. The Morgan fingerprint density at radius 2 is 1.92 bits per heavy atom. The van der Waals surface area contributed by atoms with Gasteiger partial charge in [0.2, 0.25) is 0 Å². The van der Waals surface area contributed by atoms with E-state index in [-0.39, 0.29) is 24.1 Å². The minimum Gasteiger partial charge on any atom is -0.489 e. The lowest BCUT2D eigenvalue weighted by atomic mass is 10.0. The highest BCUT2D eigenvalue weighted by Gasteiger charge is 2.41. The fourth-order valence-electron chi connectivity index (χ4n) is 5.56. The van der Waals surface area contributed by atoms with E-state index in [1.165, 1.54) is 4.90 Å². The molecule has 1 fully saturated rings. The van der Waals surface area contributed by atoms with Crippen molar-refractivity contribution in [2.24, 2.45) is 0 Å². The minimum atomic E-state index is -0.935. The molecule has 3 aromatic rings. The Balaban J connectivity index is 1.22. The number of anilines is 1. The van der Waals surface area contributed by atoms with E-state index < -0.39 is 11.6 Å². The molecule has 0 saturated heterocycles. The van der Waals surface area contributed by atoms with Gasteiger partial charge in [0.15, 0.2) is 5.69 Å². The Kier molecular flexibility index (Phi) is 6.57. The number of ether oxygens (including phenoxy) is 1. The number of hydrogen-bond donors (Lipinski definition) is 1. The largest absolute Gasteiger partial charge is 0.489 e. The van der Waals surface area contributed by atoms with E-state index in [1.807, 2.05) is 36.4 Å². The van der Waals surface area contributed by atoms with Crippen molar-refractivity contribution < 1.29 is 19.4 Å². The van der Waals surface area contributed by atoms with Gasteiger partial charge in [-0.1, -0.05) is 53.8 Å². The maximum Gasteiger partial charge on any atom is 0.275 e. The van der Waals surface area contributed by atoms with Crippen molar-refractivity contribution in [2.75, 3.05) is 25.1 Å². The van der Waals surface area contributed by atoms with Crippen LogP contribution < -0.4 is 9.64 Å². The number of carbonyl (C=O) groups excluding carboxylic acids is 2. The molecular formula is C30H29ClN4O4. The monoisotopic (exact) mass is 544 g/mol. The summed E-state index contributed by atoms with van der Waals surface area (Å²) >= 11 is 6.62. The number of carbonyl (C=O) groups is 2. The number of benzene rings is 2. The zero-order valence-electron chi connectivity index (χ0n) is 21.7. The molecule has 2 amide bonds. The fourth-order valence-corrected chi connectivity index (χ4v) is 5.85. The molecule has 9 heteroatoms. The van der Waals surface area contributed by atoms with Crippen molar-refractivity contribution in [3.8, 4) is 17.6 Å². The predicted octanol–water partition coefficient (Wildman–Crippen LogP) is 3.66. The first-order chi connectivity index (χ1) is 18.8. The lowest BCUT2D eigenvalue weighted by molar-refractivity contribution is -0.123. The third-order valence-corrected chi connectivity index (χ3v) is 8.23. The van der Waals surface area contributed by atoms with Crippen LogP contribution in [0.4, 0.5) is 5.69 Å². The summed E-state index contributed by atoms with van der Waals surface area (Å²) in [6, 6.07) is 14.4. The van der Waals surface area contributed by atoms with Crippen molar-refractivity contribution in [1.82, 2.24) is 14.7 Å². The average Bonchev–Trinajstić information content (AvgIpc) is 3.49. The van der Waals surface area contributed by atoms with E-state index >= 15 is 0 Å². The van der Waals surface area contributed by atoms with Crippen LogP contribution in [0.5, 0.6) is 5.75 Å². The van der Waals surface area contributed by atoms with Crippen molar-refractivity contribution in [2.45, 2.75) is 50.3 Å². The van der Waals surface area contributed by atoms with Crippen LogP contribution in [-0.2, 0) is 17.8 Å². The SMILES string of the molecule is CN1C(=O)C(N2CCc3c(nn(Cc4ccccc4)c3Cl)C2=O)COc2cc(C#CC3(O)CCCC3)ccc21. The lowest BCUT2D eigenvalue weighted by Crippen LogP contribution is -2.54. The quantitative estimate of drug-likeness (QED) is 0.508. The first-order valence-corrected chi connectivity index (χ1v) is 13.6. The van der Waals surface area contributed by atoms with E-state index in [1.54, 1.807) is 28.8 Å². The number of halogens is 1. The summed E-state index contributed by atoms with van der Waals surface area (Å²) in [5.74, 6) is 6.03. The molecule has 1 aromatic heterocycles. The van der Waals surface area contributed by atoms with Gasteiger partial charge >= 0.3 is 0 Å². The van der Waals surface area contributed by atoms with E-state index in [9.17, 15) is 14.7 Å². The molecular weight excluding hydrogens is 516 g/mol. The molecule has 1 saturated carbocycles. The topological polar surface area (TPSA) is 87.9 Å². The van der Waals surface area contributed by atoms with E-state index in [0.29, 0.717) is 60.1 Å². The maximum atomic E-state index is 13.6. The zero-order valence-corrected chi connectivity index (χ0v) is 22.4. The van der Waals surface area contributed by atoms with Gasteiger partial charge in [-0.3, -0.25) is 9.59 Å². The Labute approximate surface area is 232 Å². The molecule has 3 heterocycles. The lowest BCUT2D eigenvalue weighted by Gasteiger charge is -2.33. The van der Waals surface area contributed by atoms with Gasteiger partial charge in [-0.05, 0) is 55.9 Å². The highest BCUT2D eigenvalue weighted by atomic mass is 35.5. The third-order valence-electron chi connectivity index (χ3n) is 7.80. The second-order valence-electron chi connectivity index (χ2n) is 10.4. The molecule has 1 N–H and O–H groups in total. The molecule has 1 aliphatic carbocycles. The summed E-state index contributed by atoms with van der Waals surface area (Å²) in [5, 5.41) is 15.6. The molecule has 0 spiro atoms. The normalized spacial score (nSPS) is 20.0. The van der Waals surface area contributed by atoms with Crippen molar-refractivity contribution in [1.29, 1.82) is 0 Å². The molecule has 2 aromatic carbocycles. The Morgan fingerprint density at radius 3 is 2.69 bits per heavy atom. The highest BCUT2D eigenvalue weighted by Crippen LogP contribution is 2.35. The number of amides is 2. The first-order valence-electron chi connectivity index (χ1n) is 13.2. The molecule has 0 radical (unpaired) electrons. The fraction of sp³-hybridized carbons (Fsp3) is 0.367. The van der Waals surface area contributed by atoms with E-state index in [4.69, 9.17) is 16.3 Å². The number of aliphatic hydroxyl groups is 1. The molecule has 8 nitrogen and oxygen atoms in total. The van der Waals surface area contributed by atoms with Gasteiger partial charge in [0.05, 0.1) is 12.2 Å². The number of nitrogens with zero attached hydrogens (tertiary/aromatic N) is 4. The summed E-state index contributed by atoms with van der Waals surface area (Å²) in [6.45, 7) is 0.796. The molecule has 1 unspecified atom stereocenters. The Bertz CT molecular complexity index is 1500. The summed E-state index contributed by atoms with van der Waals surface area (Å²) in [7, 11) is 1.68. The average molecular weight is 545 g/mol. The van der Waals surface area contributed by atoms with Crippen LogP contribution in [0.1, 0.15) is 52.9 Å². The predicted molar refractivity (Wildman–Crippen MR) is 147 cm³/mol. The van der Waals surface area contributed by atoms with Crippen LogP contribution >= 0.6 is 11.6 Å². The van der Waals surface area contributed by atoms with Gasteiger partial charge in [-0.2, -0.15) is 5.10 Å². The van der Waals surface area contributed by atoms with Gasteiger partial charge in [0, 0.05) is 24.7 Å². The van der Waals surface area contributed by atoms with Crippen LogP contribution in [-0.4, -0.2) is 63.4 Å². The van der Waals surface area contributed by atoms with Crippen LogP contribution in [0, 0.1) is 11.8 Å². The van der Waals surface area contributed by atoms with Gasteiger partial charge < -0.3 is 19.6 Å². The van der Waals surface area contributed by atoms with Gasteiger partial charge in [-0.15, -0.1) is 0 Å². The van der Waals surface area contributed by atoms with Crippen molar-refractivity contribution in [3.63, 3.8) is 0 Å². The number of likely N-dealkylation sites (N-methyl/N-ethyl adjacent to an activating group) is 1. The summed E-state index contributed by atoms with van der Waals surface area (Å²) in [6.07, 6.45) is 3.81. The van der Waals surface area contributed by atoms with Crippen LogP contribution in [0.2, 0.25) is 5.15 Å². The van der Waals surface area contributed by atoms with Crippen molar-refractivity contribution in [3.05, 3.63) is 76.1 Å². The van der Waals surface area contributed by atoms with Crippen LogP contribution in [0.15, 0.2) is 48.5 Å². The molecule has 1 atom stereocenters. The summed E-state index contributed by atoms with van der Waals surface area (Å²) < 4.78 is 7.74. The van der Waals surface area contributed by atoms with Crippen LogP contribution in [0.3, 0.4) is 0 Å². The van der Waals surface area contributed by atoms with E-state index in [0.717, 1.165) is 18.4 Å². The molecule has 0 bridgehead atoms. The third kappa shape index (κ3) is 4.77. The maximum absolute atomic E-state index is 13.6. The van der Waals surface area contributed by atoms with Gasteiger partial charge in [-0.25, -0.2) is 4.68 Å². The second kappa shape index (κ2) is 10.1. The van der Waals surface area contributed by atoms with Gasteiger partial charge in [0.25, 0.3) is 11.8 Å². The molecule has 2 aliphatic heterocycles. The van der Waals surface area contributed by atoms with Crippen molar-refractivity contribution >= 4 is 29.1 Å². The molecule has 39 heavy (non-hydrogen) atoms. The zero-order chi connectivity index (χ0) is 27.1. The van der Waals surface area contributed by atoms with Gasteiger partial charge in [0.1, 0.15) is 29.2 Å². The summed E-state index contributed by atoms with van der Waals surface area (Å²) in [5.41, 5.74) is 2.38. The van der Waals surface area contributed by atoms with E-state index in [2.05, 4.69) is 16.9 Å². The number of hydrogen-bond acceptors (Lipinski definition) is 5. The highest BCUT2D eigenvalue weighted by molar-refractivity contribution is 6.31. The Morgan fingerprint density at radius 1 is 1.15 bits per heavy atom. The Hall–Kier alpha value is -3.80. The molecule has 6 rings (SSSR count). The minimum absolute atomic E-state index is 0.0104. The second-order valence-corrected chi connectivity index (χ2v) is 10.8. The summed E-state index contributed by atoms with van der Waals surface area (Å²) in [4.78, 5) is 30.2. The number of aromatic nitrogens is 2. The number of fused-ring (bicyclic) bond motifs is 2. The van der Waals surface area contributed by atoms with Crippen LogP contribution in [0.25, 0.3) is 0 Å². The molecule has 3 aliphatic rings. The smallest absolute Gasteiger partial charge is 0.275 e. The number of rotatable bonds is 3.